The van der Waals surface area contributed by atoms with Crippen LogP contribution in [0, 0.1) is 10.1 Å². The molecule has 0 saturated carbocycles. The summed E-state index contributed by atoms with van der Waals surface area (Å²) >= 11 is 1.23. The van der Waals surface area contributed by atoms with Gasteiger partial charge in [-0.05, 0) is 61.9 Å². The molecule has 228 valence electrons. The number of hydrogen-bond donors (Lipinski definition) is 0. The second-order valence-electron chi connectivity index (χ2n) is 10.5. The maximum absolute atomic E-state index is 14.4. The number of allylic oxidation sites excluding steroid dienone is 1. The molecule has 0 fully saturated rings. The van der Waals surface area contributed by atoms with E-state index < -0.39 is 11.0 Å². The number of non-ortho nitro benzene ring substituents is 1. The number of rotatable bonds is 8. The van der Waals surface area contributed by atoms with Crippen LogP contribution in [0.3, 0.4) is 0 Å². The Kier molecular flexibility index (Phi) is 7.94. The maximum atomic E-state index is 14.4. The van der Waals surface area contributed by atoms with Gasteiger partial charge in [-0.25, -0.2) is 4.99 Å². The molecule has 6 rings (SSSR count). The molecule has 1 amide bonds. The van der Waals surface area contributed by atoms with Gasteiger partial charge < -0.3 is 14.2 Å². The Hall–Kier alpha value is -5.29. The molecule has 0 aliphatic carbocycles. The molecule has 0 unspecified atom stereocenters. The highest BCUT2D eigenvalue weighted by molar-refractivity contribution is 7.07. The van der Waals surface area contributed by atoms with Gasteiger partial charge in [0.15, 0.2) is 4.80 Å². The lowest BCUT2D eigenvalue weighted by atomic mass is 9.90. The van der Waals surface area contributed by atoms with Crippen LogP contribution in [0.15, 0.2) is 100 Å². The normalized spacial score (nSPS) is 14.8. The number of aromatic nitrogens is 2. The Labute approximate surface area is 262 Å². The number of ether oxygens (including phenoxy) is 1. The number of thiazole rings is 1. The van der Waals surface area contributed by atoms with Crippen molar-refractivity contribution >= 4 is 39.8 Å². The summed E-state index contributed by atoms with van der Waals surface area (Å²) in [5, 5.41) is 13.2. The fourth-order valence-corrected chi connectivity index (χ4v) is 6.95. The topological polar surface area (TPSA) is 112 Å². The molecule has 3 heterocycles. The Balaban J connectivity index is 1.61. The van der Waals surface area contributed by atoms with Crippen LogP contribution in [0.5, 0.6) is 5.75 Å². The summed E-state index contributed by atoms with van der Waals surface area (Å²) < 4.78 is 9.67. The summed E-state index contributed by atoms with van der Waals surface area (Å²) in [7, 11) is 1.59. The van der Waals surface area contributed by atoms with Crippen LogP contribution in [-0.4, -0.2) is 45.1 Å². The summed E-state index contributed by atoms with van der Waals surface area (Å²) in [6, 6.07) is 20.9. The zero-order valence-corrected chi connectivity index (χ0v) is 26.1. The summed E-state index contributed by atoms with van der Waals surface area (Å²) in [6.07, 6.45) is 3.54. The Morgan fingerprint density at radius 1 is 1.09 bits per heavy atom. The molecular formula is C34H31N5O5S. The number of carbonyl (C=O) groups excluding carboxylic acids is 1. The van der Waals surface area contributed by atoms with Gasteiger partial charge >= 0.3 is 0 Å². The van der Waals surface area contributed by atoms with Crippen molar-refractivity contribution in [3.8, 4) is 11.4 Å². The van der Waals surface area contributed by atoms with Crippen molar-refractivity contribution in [1.82, 2.24) is 14.0 Å². The van der Waals surface area contributed by atoms with Crippen molar-refractivity contribution in [3.05, 3.63) is 131 Å². The van der Waals surface area contributed by atoms with Gasteiger partial charge in [-0.15, -0.1) is 0 Å². The van der Waals surface area contributed by atoms with E-state index in [-0.39, 0.29) is 17.2 Å². The third-order valence-corrected chi connectivity index (χ3v) is 9.09. The third kappa shape index (κ3) is 5.14. The van der Waals surface area contributed by atoms with Gasteiger partial charge in [0.1, 0.15) is 11.8 Å². The van der Waals surface area contributed by atoms with E-state index in [9.17, 15) is 19.7 Å². The first-order valence-corrected chi connectivity index (χ1v) is 15.4. The number of carbonyl (C=O) groups is 1. The van der Waals surface area contributed by atoms with E-state index >= 15 is 0 Å². The highest BCUT2D eigenvalue weighted by atomic mass is 32.1. The zero-order chi connectivity index (χ0) is 31.8. The lowest BCUT2D eigenvalue weighted by molar-refractivity contribution is -0.384. The van der Waals surface area contributed by atoms with Gasteiger partial charge in [0, 0.05) is 42.7 Å². The van der Waals surface area contributed by atoms with Crippen LogP contribution in [0.4, 0.5) is 5.69 Å². The Bertz CT molecular complexity index is 2190. The molecule has 3 aromatic carbocycles. The number of amides is 1. The molecule has 0 saturated heterocycles. The molecule has 2 aromatic heterocycles. The predicted octanol–water partition coefficient (Wildman–Crippen LogP) is 4.96. The van der Waals surface area contributed by atoms with E-state index in [1.807, 2.05) is 69.3 Å². The van der Waals surface area contributed by atoms with Crippen LogP contribution in [0.25, 0.3) is 22.5 Å². The number of methoxy groups -OCH3 is 1. The number of nitro groups is 1. The average Bonchev–Trinajstić information content (AvgIpc) is 3.64. The largest absolute Gasteiger partial charge is 0.496 e. The zero-order valence-electron chi connectivity index (χ0n) is 25.3. The monoisotopic (exact) mass is 621 g/mol. The number of likely N-dealkylation sites (N-methyl/N-ethyl adjacent to an activating group) is 1. The SMILES string of the molecule is CCN(CC)C(=O)C1=C(C)N=c2s/c(=C/c3cccn3-c3cccc([N+](=O)[O-])c3)c(=O)n2[C@@H]1c1c(OC)ccc2ccccc12. The molecule has 10 nitrogen and oxygen atoms in total. The molecule has 11 heteroatoms. The molecule has 5 aromatic rings. The first-order chi connectivity index (χ1) is 21.8. The molecule has 45 heavy (non-hydrogen) atoms. The van der Waals surface area contributed by atoms with Gasteiger partial charge in [-0.1, -0.05) is 47.7 Å². The van der Waals surface area contributed by atoms with Gasteiger partial charge in [-0.3, -0.25) is 24.3 Å². The number of benzene rings is 3. The van der Waals surface area contributed by atoms with Crippen LogP contribution < -0.4 is 19.6 Å². The lowest BCUT2D eigenvalue weighted by Crippen LogP contribution is -2.43. The second-order valence-corrected chi connectivity index (χ2v) is 11.6. The number of hydrogen-bond acceptors (Lipinski definition) is 7. The Morgan fingerprint density at radius 3 is 2.60 bits per heavy atom. The molecule has 0 spiro atoms. The van der Waals surface area contributed by atoms with E-state index in [1.54, 1.807) is 45.5 Å². The summed E-state index contributed by atoms with van der Waals surface area (Å²) in [5.74, 6) is 0.377. The molecule has 1 atom stereocenters. The summed E-state index contributed by atoms with van der Waals surface area (Å²) in [5.41, 5.74) is 2.60. The second kappa shape index (κ2) is 12.0. The fourth-order valence-electron chi connectivity index (χ4n) is 5.92. The lowest BCUT2D eigenvalue weighted by Gasteiger charge is -2.30. The van der Waals surface area contributed by atoms with E-state index in [0.717, 1.165) is 10.8 Å². The van der Waals surface area contributed by atoms with E-state index in [2.05, 4.69) is 0 Å². The molecule has 0 N–H and O–H groups in total. The molecule has 0 bridgehead atoms. The molecular weight excluding hydrogens is 590 g/mol. The van der Waals surface area contributed by atoms with Crippen molar-refractivity contribution in [2.24, 2.45) is 4.99 Å². The van der Waals surface area contributed by atoms with Crippen LogP contribution in [0.1, 0.15) is 38.1 Å². The highest BCUT2D eigenvalue weighted by Gasteiger charge is 2.36. The van der Waals surface area contributed by atoms with Crippen molar-refractivity contribution in [2.45, 2.75) is 26.8 Å². The molecule has 1 aliphatic heterocycles. The van der Waals surface area contributed by atoms with Crippen LogP contribution in [-0.2, 0) is 4.79 Å². The van der Waals surface area contributed by atoms with Crippen molar-refractivity contribution < 1.29 is 14.5 Å². The van der Waals surface area contributed by atoms with Crippen molar-refractivity contribution in [3.63, 3.8) is 0 Å². The summed E-state index contributed by atoms with van der Waals surface area (Å²) in [6.45, 7) is 6.67. The first-order valence-electron chi connectivity index (χ1n) is 14.6. The molecule has 1 aliphatic rings. The van der Waals surface area contributed by atoms with Crippen LogP contribution >= 0.6 is 11.3 Å². The minimum Gasteiger partial charge on any atom is -0.496 e. The van der Waals surface area contributed by atoms with Gasteiger partial charge in [0.2, 0.25) is 0 Å². The number of nitrogens with zero attached hydrogens (tertiary/aromatic N) is 5. The summed E-state index contributed by atoms with van der Waals surface area (Å²) in [4.78, 5) is 46.6. The minimum atomic E-state index is -0.791. The van der Waals surface area contributed by atoms with E-state index in [0.29, 0.717) is 56.4 Å². The minimum absolute atomic E-state index is 0.0311. The molecule has 0 radical (unpaired) electrons. The van der Waals surface area contributed by atoms with Crippen molar-refractivity contribution in [2.75, 3.05) is 20.2 Å². The van der Waals surface area contributed by atoms with Gasteiger partial charge in [-0.2, -0.15) is 0 Å². The highest BCUT2D eigenvalue weighted by Crippen LogP contribution is 2.40. The Morgan fingerprint density at radius 2 is 1.87 bits per heavy atom. The van der Waals surface area contributed by atoms with Gasteiger partial charge in [0.05, 0.1) is 33.5 Å². The first kappa shape index (κ1) is 29.8. The van der Waals surface area contributed by atoms with Gasteiger partial charge in [0.25, 0.3) is 17.2 Å². The standard InChI is InChI=1S/C34H31N5O5S/c1-5-36(6-2)33(41)29-21(3)35-34-38(31(29)30-26-15-8-7-11-22(26)16-17-27(30)44-4)32(40)28(45-34)20-24-14-10-18-37(24)23-12-9-13-25(19-23)39(42)43/h7-20,31H,5-6H2,1-4H3/b28-20+/t31-/m0/s1. The van der Waals surface area contributed by atoms with Crippen molar-refractivity contribution in [1.29, 1.82) is 0 Å². The fraction of sp³-hybridized carbons (Fsp3) is 0.206. The van der Waals surface area contributed by atoms with Crippen LogP contribution in [0.2, 0.25) is 0 Å². The third-order valence-electron chi connectivity index (χ3n) is 8.10. The van der Waals surface area contributed by atoms with E-state index in [1.165, 1.54) is 23.5 Å². The predicted molar refractivity (Wildman–Crippen MR) is 175 cm³/mol. The maximum Gasteiger partial charge on any atom is 0.271 e. The smallest absolute Gasteiger partial charge is 0.271 e. The average molecular weight is 622 g/mol. The number of fused-ring (bicyclic) bond motifs is 2. The quantitative estimate of drug-likeness (QED) is 0.180. The number of nitro benzene ring substituents is 1. The van der Waals surface area contributed by atoms with E-state index in [4.69, 9.17) is 9.73 Å².